The van der Waals surface area contributed by atoms with Gasteiger partial charge in [-0.2, -0.15) is 0 Å². The van der Waals surface area contributed by atoms with Crippen LogP contribution in [-0.4, -0.2) is 48.5 Å². The molecule has 0 bridgehead atoms. The summed E-state index contributed by atoms with van der Waals surface area (Å²) < 4.78 is 0. The van der Waals surface area contributed by atoms with Gasteiger partial charge in [0.05, 0.1) is 0 Å². The molecule has 1 N–H and O–H groups in total. The van der Waals surface area contributed by atoms with E-state index in [2.05, 4.69) is 44.4 Å². The lowest BCUT2D eigenvalue weighted by atomic mass is 10.2. The number of amides is 1. The molecular weight excluding hydrogens is 312 g/mol. The quantitative estimate of drug-likeness (QED) is 0.877. The Morgan fingerprint density at radius 3 is 2.52 bits per heavy atom. The summed E-state index contributed by atoms with van der Waals surface area (Å²) in [6.45, 7) is 7.36. The van der Waals surface area contributed by atoms with Crippen molar-refractivity contribution in [1.82, 2.24) is 15.2 Å². The predicted octanol–water partition coefficient (Wildman–Crippen LogP) is 2.22. The monoisotopic (exact) mass is 338 g/mol. The average molecular weight is 338 g/mol. The Balaban J connectivity index is 1.35. The summed E-state index contributed by atoms with van der Waals surface area (Å²) in [7, 11) is 0. The van der Waals surface area contributed by atoms with Gasteiger partial charge in [0.1, 0.15) is 0 Å². The molecule has 0 atom stereocenters. The molecule has 1 saturated heterocycles. The van der Waals surface area contributed by atoms with E-state index in [4.69, 9.17) is 0 Å². The highest BCUT2D eigenvalue weighted by Crippen LogP contribution is 2.15. The van der Waals surface area contributed by atoms with Crippen molar-refractivity contribution in [3.8, 4) is 0 Å². The fourth-order valence-corrected chi connectivity index (χ4v) is 3.02. The van der Waals surface area contributed by atoms with Gasteiger partial charge < -0.3 is 10.2 Å². The van der Waals surface area contributed by atoms with Crippen molar-refractivity contribution in [1.29, 1.82) is 0 Å². The largest absolute Gasteiger partial charge is 0.369 e. The number of nitrogens with one attached hydrogen (secondary N) is 1. The highest BCUT2D eigenvalue weighted by Gasteiger charge is 2.17. The molecule has 0 spiro atoms. The molecule has 132 valence electrons. The van der Waals surface area contributed by atoms with Crippen LogP contribution in [-0.2, 0) is 11.3 Å². The summed E-state index contributed by atoms with van der Waals surface area (Å²) in [6, 6.07) is 14.5. The first-order chi connectivity index (χ1) is 12.2. The summed E-state index contributed by atoms with van der Waals surface area (Å²) >= 11 is 0. The van der Waals surface area contributed by atoms with Gasteiger partial charge in [0, 0.05) is 63.3 Å². The van der Waals surface area contributed by atoms with Crippen LogP contribution in [0.25, 0.3) is 0 Å². The molecule has 0 saturated carbocycles. The zero-order chi connectivity index (χ0) is 17.5. The molecule has 0 unspecified atom stereocenters. The van der Waals surface area contributed by atoms with Gasteiger partial charge >= 0.3 is 0 Å². The number of piperazine rings is 1. The first-order valence-electron chi connectivity index (χ1n) is 8.91. The van der Waals surface area contributed by atoms with Crippen molar-refractivity contribution >= 4 is 11.6 Å². The standard InChI is InChI=1S/C20H26N4O/c1-17-7-8-18(15-21-17)16-22-20(25)9-10-23-11-13-24(14-12-23)19-5-3-2-4-6-19/h2-8,15H,9-14,16H2,1H3,(H,22,25). The molecule has 1 aliphatic heterocycles. The molecule has 25 heavy (non-hydrogen) atoms. The fraction of sp³-hybridized carbons (Fsp3) is 0.400. The zero-order valence-corrected chi connectivity index (χ0v) is 14.8. The number of hydrogen-bond donors (Lipinski definition) is 1. The maximum atomic E-state index is 12.0. The Morgan fingerprint density at radius 1 is 1.08 bits per heavy atom. The topological polar surface area (TPSA) is 48.5 Å². The van der Waals surface area contributed by atoms with Gasteiger partial charge in [-0.05, 0) is 30.7 Å². The Bertz CT molecular complexity index is 664. The molecule has 1 amide bonds. The lowest BCUT2D eigenvalue weighted by Crippen LogP contribution is -2.47. The third-order valence-corrected chi connectivity index (χ3v) is 4.61. The average Bonchev–Trinajstić information content (AvgIpc) is 2.67. The van der Waals surface area contributed by atoms with E-state index in [0.29, 0.717) is 13.0 Å². The summed E-state index contributed by atoms with van der Waals surface area (Å²) in [5.41, 5.74) is 3.31. The summed E-state index contributed by atoms with van der Waals surface area (Å²) in [4.78, 5) is 21.1. The van der Waals surface area contributed by atoms with Crippen LogP contribution in [0.3, 0.4) is 0 Å². The van der Waals surface area contributed by atoms with E-state index in [-0.39, 0.29) is 5.91 Å². The first-order valence-corrected chi connectivity index (χ1v) is 8.91. The highest BCUT2D eigenvalue weighted by atomic mass is 16.1. The maximum Gasteiger partial charge on any atom is 0.221 e. The number of rotatable bonds is 6. The third-order valence-electron chi connectivity index (χ3n) is 4.61. The van der Waals surface area contributed by atoms with Gasteiger partial charge in [0.15, 0.2) is 0 Å². The number of pyridine rings is 1. The van der Waals surface area contributed by atoms with Crippen LogP contribution in [0.4, 0.5) is 5.69 Å². The molecular formula is C20H26N4O. The smallest absolute Gasteiger partial charge is 0.221 e. The number of aryl methyl sites for hydroxylation is 1. The molecule has 5 nitrogen and oxygen atoms in total. The Labute approximate surface area is 149 Å². The van der Waals surface area contributed by atoms with E-state index in [1.165, 1.54) is 5.69 Å². The second-order valence-corrected chi connectivity index (χ2v) is 6.50. The summed E-state index contributed by atoms with van der Waals surface area (Å²) in [5, 5.41) is 2.98. The molecule has 2 aromatic rings. The molecule has 5 heteroatoms. The fourth-order valence-electron chi connectivity index (χ4n) is 3.02. The Hall–Kier alpha value is -2.40. The minimum atomic E-state index is 0.103. The molecule has 3 rings (SSSR count). The number of hydrogen-bond acceptors (Lipinski definition) is 4. The van der Waals surface area contributed by atoms with Crippen molar-refractivity contribution in [3.05, 3.63) is 59.9 Å². The Morgan fingerprint density at radius 2 is 1.84 bits per heavy atom. The number of para-hydroxylation sites is 1. The van der Waals surface area contributed by atoms with E-state index < -0.39 is 0 Å². The first kappa shape index (κ1) is 17.4. The molecule has 1 fully saturated rings. The van der Waals surface area contributed by atoms with Crippen LogP contribution in [0.15, 0.2) is 48.7 Å². The van der Waals surface area contributed by atoms with Crippen molar-refractivity contribution in [2.75, 3.05) is 37.6 Å². The number of carbonyl (C=O) groups is 1. The molecule has 1 aromatic carbocycles. The lowest BCUT2D eigenvalue weighted by molar-refractivity contribution is -0.121. The number of aromatic nitrogens is 1. The third kappa shape index (κ3) is 5.29. The van der Waals surface area contributed by atoms with E-state index in [9.17, 15) is 4.79 Å². The van der Waals surface area contributed by atoms with E-state index in [1.807, 2.05) is 31.3 Å². The van der Waals surface area contributed by atoms with Gasteiger partial charge in [-0.15, -0.1) is 0 Å². The van der Waals surface area contributed by atoms with Gasteiger partial charge in [-0.3, -0.25) is 14.7 Å². The van der Waals surface area contributed by atoms with Crippen LogP contribution in [0.2, 0.25) is 0 Å². The van der Waals surface area contributed by atoms with Gasteiger partial charge in [0.25, 0.3) is 0 Å². The SMILES string of the molecule is Cc1ccc(CNC(=O)CCN2CCN(c3ccccc3)CC2)cn1. The van der Waals surface area contributed by atoms with Gasteiger partial charge in [-0.1, -0.05) is 24.3 Å². The van der Waals surface area contributed by atoms with E-state index in [0.717, 1.165) is 44.0 Å². The molecule has 2 heterocycles. The minimum Gasteiger partial charge on any atom is -0.369 e. The highest BCUT2D eigenvalue weighted by molar-refractivity contribution is 5.76. The minimum absolute atomic E-state index is 0.103. The number of benzene rings is 1. The van der Waals surface area contributed by atoms with E-state index in [1.54, 1.807) is 0 Å². The zero-order valence-electron chi connectivity index (χ0n) is 14.8. The van der Waals surface area contributed by atoms with Crippen molar-refractivity contribution in [3.63, 3.8) is 0 Å². The van der Waals surface area contributed by atoms with Crippen LogP contribution >= 0.6 is 0 Å². The van der Waals surface area contributed by atoms with Crippen molar-refractivity contribution in [2.45, 2.75) is 19.9 Å². The predicted molar refractivity (Wildman–Crippen MR) is 101 cm³/mol. The van der Waals surface area contributed by atoms with E-state index >= 15 is 0 Å². The number of nitrogens with zero attached hydrogens (tertiary/aromatic N) is 3. The molecule has 0 radical (unpaired) electrons. The summed E-state index contributed by atoms with van der Waals surface area (Å²) in [5.74, 6) is 0.103. The van der Waals surface area contributed by atoms with Gasteiger partial charge in [-0.25, -0.2) is 0 Å². The number of carbonyl (C=O) groups excluding carboxylic acids is 1. The summed E-state index contributed by atoms with van der Waals surface area (Å²) in [6.07, 6.45) is 2.36. The molecule has 1 aliphatic rings. The van der Waals surface area contributed by atoms with Crippen LogP contribution < -0.4 is 10.2 Å². The van der Waals surface area contributed by atoms with Crippen molar-refractivity contribution in [2.24, 2.45) is 0 Å². The Kier molecular flexibility index (Phi) is 6.01. The van der Waals surface area contributed by atoms with Gasteiger partial charge in [0.2, 0.25) is 5.91 Å². The molecule has 0 aliphatic carbocycles. The van der Waals surface area contributed by atoms with Crippen LogP contribution in [0.5, 0.6) is 0 Å². The normalized spacial score (nSPS) is 15.2. The van der Waals surface area contributed by atoms with Crippen LogP contribution in [0.1, 0.15) is 17.7 Å². The maximum absolute atomic E-state index is 12.0. The second-order valence-electron chi connectivity index (χ2n) is 6.50. The number of anilines is 1. The lowest BCUT2D eigenvalue weighted by Gasteiger charge is -2.36. The molecule has 1 aromatic heterocycles. The van der Waals surface area contributed by atoms with Crippen LogP contribution in [0, 0.1) is 6.92 Å². The van der Waals surface area contributed by atoms with Crippen molar-refractivity contribution < 1.29 is 4.79 Å². The second kappa shape index (κ2) is 8.62.